The zero-order valence-electron chi connectivity index (χ0n) is 11.5. The average molecular weight is 276 g/mol. The fraction of sp³-hybridized carbons (Fsp3) is 0.267. The standard InChI is InChI=1S/C15H17FN2O2/c1-18(9-11-4-3-5-14(6-11)20-2)15-12(10-19)7-13(16)8-17-15/h3-8,19H,9-10H2,1-2H3. The van der Waals surface area contributed by atoms with Gasteiger partial charge in [-0.05, 0) is 23.8 Å². The lowest BCUT2D eigenvalue weighted by molar-refractivity contribution is 0.281. The first-order valence-corrected chi connectivity index (χ1v) is 6.23. The van der Waals surface area contributed by atoms with Crippen LogP contribution in [0.4, 0.5) is 10.2 Å². The van der Waals surface area contributed by atoms with E-state index in [1.165, 1.54) is 6.07 Å². The van der Waals surface area contributed by atoms with E-state index in [0.717, 1.165) is 17.5 Å². The third kappa shape index (κ3) is 3.24. The van der Waals surface area contributed by atoms with Crippen LogP contribution < -0.4 is 9.64 Å². The summed E-state index contributed by atoms with van der Waals surface area (Å²) in [6.07, 6.45) is 1.15. The fourth-order valence-corrected chi connectivity index (χ4v) is 2.05. The number of ether oxygens (including phenoxy) is 1. The highest BCUT2D eigenvalue weighted by Gasteiger charge is 2.10. The Morgan fingerprint density at radius 2 is 2.15 bits per heavy atom. The number of anilines is 1. The molecule has 1 aromatic carbocycles. The van der Waals surface area contributed by atoms with Gasteiger partial charge in [0.05, 0.1) is 19.9 Å². The second kappa shape index (κ2) is 6.34. The molecule has 0 unspecified atom stereocenters. The molecule has 1 aromatic heterocycles. The second-order valence-corrected chi connectivity index (χ2v) is 4.50. The summed E-state index contributed by atoms with van der Waals surface area (Å²) < 4.78 is 18.3. The molecule has 1 N–H and O–H groups in total. The molecule has 0 bridgehead atoms. The van der Waals surface area contributed by atoms with Gasteiger partial charge in [0.2, 0.25) is 0 Å². The topological polar surface area (TPSA) is 45.6 Å². The van der Waals surface area contributed by atoms with Crippen molar-refractivity contribution in [3.8, 4) is 5.75 Å². The Kier molecular flexibility index (Phi) is 4.53. The van der Waals surface area contributed by atoms with Gasteiger partial charge in [-0.25, -0.2) is 9.37 Å². The van der Waals surface area contributed by atoms with Crippen molar-refractivity contribution in [2.24, 2.45) is 0 Å². The van der Waals surface area contributed by atoms with E-state index < -0.39 is 5.82 Å². The number of rotatable bonds is 5. The van der Waals surface area contributed by atoms with Crippen molar-refractivity contribution in [3.63, 3.8) is 0 Å². The molecule has 2 rings (SSSR count). The molecule has 0 spiro atoms. The zero-order valence-corrected chi connectivity index (χ0v) is 11.5. The van der Waals surface area contributed by atoms with E-state index in [0.29, 0.717) is 17.9 Å². The maximum Gasteiger partial charge on any atom is 0.142 e. The van der Waals surface area contributed by atoms with Gasteiger partial charge in [0.15, 0.2) is 0 Å². The summed E-state index contributed by atoms with van der Waals surface area (Å²) in [5.41, 5.74) is 1.51. The van der Waals surface area contributed by atoms with E-state index in [-0.39, 0.29) is 6.61 Å². The average Bonchev–Trinajstić information content (AvgIpc) is 2.47. The summed E-state index contributed by atoms with van der Waals surface area (Å²) in [6, 6.07) is 8.98. The molecule has 0 radical (unpaired) electrons. The number of aromatic nitrogens is 1. The molecule has 5 heteroatoms. The number of aliphatic hydroxyl groups is 1. The van der Waals surface area contributed by atoms with Crippen molar-refractivity contribution in [1.29, 1.82) is 0 Å². The van der Waals surface area contributed by atoms with Crippen molar-refractivity contribution in [2.45, 2.75) is 13.2 Å². The molecule has 20 heavy (non-hydrogen) atoms. The summed E-state index contributed by atoms with van der Waals surface area (Å²) in [4.78, 5) is 5.91. The number of pyridine rings is 1. The SMILES string of the molecule is COc1cccc(CN(C)c2ncc(F)cc2CO)c1. The Labute approximate surface area is 117 Å². The summed E-state index contributed by atoms with van der Waals surface area (Å²) in [7, 11) is 3.47. The van der Waals surface area contributed by atoms with Crippen LogP contribution in [0.5, 0.6) is 5.75 Å². The molecule has 0 saturated heterocycles. The van der Waals surface area contributed by atoms with Gasteiger partial charge in [0.1, 0.15) is 17.4 Å². The van der Waals surface area contributed by atoms with Crippen molar-refractivity contribution in [2.75, 3.05) is 19.1 Å². The predicted octanol–water partition coefficient (Wildman–Crippen LogP) is 2.36. The highest BCUT2D eigenvalue weighted by molar-refractivity contribution is 5.46. The molecule has 1 heterocycles. The molecule has 0 aliphatic rings. The van der Waals surface area contributed by atoms with Gasteiger partial charge in [0.25, 0.3) is 0 Å². The van der Waals surface area contributed by atoms with Crippen molar-refractivity contribution in [1.82, 2.24) is 4.98 Å². The summed E-state index contributed by atoms with van der Waals surface area (Å²) in [5, 5.41) is 9.29. The monoisotopic (exact) mass is 276 g/mol. The van der Waals surface area contributed by atoms with Crippen molar-refractivity contribution < 1.29 is 14.2 Å². The van der Waals surface area contributed by atoms with Crippen LogP contribution in [0.15, 0.2) is 36.5 Å². The van der Waals surface area contributed by atoms with Gasteiger partial charge in [-0.2, -0.15) is 0 Å². The minimum Gasteiger partial charge on any atom is -0.497 e. The summed E-state index contributed by atoms with van der Waals surface area (Å²) in [6.45, 7) is 0.339. The molecule has 0 amide bonds. The number of hydrogen-bond donors (Lipinski definition) is 1. The number of hydrogen-bond acceptors (Lipinski definition) is 4. The van der Waals surface area contributed by atoms with E-state index in [2.05, 4.69) is 4.98 Å². The van der Waals surface area contributed by atoms with Crippen LogP contribution in [0, 0.1) is 5.82 Å². The van der Waals surface area contributed by atoms with Crippen molar-refractivity contribution in [3.05, 3.63) is 53.5 Å². The first-order valence-electron chi connectivity index (χ1n) is 6.23. The quantitative estimate of drug-likeness (QED) is 0.910. The highest BCUT2D eigenvalue weighted by Crippen LogP contribution is 2.21. The highest BCUT2D eigenvalue weighted by atomic mass is 19.1. The Morgan fingerprint density at radius 3 is 2.85 bits per heavy atom. The van der Waals surface area contributed by atoms with Crippen LogP contribution in [0.2, 0.25) is 0 Å². The fourth-order valence-electron chi connectivity index (χ4n) is 2.05. The van der Waals surface area contributed by atoms with Crippen molar-refractivity contribution >= 4 is 5.82 Å². The molecule has 2 aromatic rings. The summed E-state index contributed by atoms with van der Waals surface area (Å²) >= 11 is 0. The third-order valence-electron chi connectivity index (χ3n) is 3.00. The lowest BCUT2D eigenvalue weighted by Gasteiger charge is -2.21. The third-order valence-corrected chi connectivity index (χ3v) is 3.00. The van der Waals surface area contributed by atoms with E-state index in [1.54, 1.807) is 7.11 Å². The zero-order chi connectivity index (χ0) is 14.5. The predicted molar refractivity (Wildman–Crippen MR) is 75.2 cm³/mol. The van der Waals surface area contributed by atoms with Gasteiger partial charge in [-0.15, -0.1) is 0 Å². The number of benzene rings is 1. The molecule has 0 saturated carbocycles. The van der Waals surface area contributed by atoms with E-state index in [4.69, 9.17) is 4.74 Å². The number of nitrogens with zero attached hydrogens (tertiary/aromatic N) is 2. The normalized spacial score (nSPS) is 10.4. The van der Waals surface area contributed by atoms with Gasteiger partial charge in [0, 0.05) is 19.2 Å². The Bertz CT molecular complexity index is 590. The molecule has 0 aliphatic heterocycles. The smallest absolute Gasteiger partial charge is 0.142 e. The lowest BCUT2D eigenvalue weighted by atomic mass is 10.2. The maximum absolute atomic E-state index is 13.1. The lowest BCUT2D eigenvalue weighted by Crippen LogP contribution is -2.19. The second-order valence-electron chi connectivity index (χ2n) is 4.50. The maximum atomic E-state index is 13.1. The number of methoxy groups -OCH3 is 1. The number of halogens is 1. The molecular formula is C15H17FN2O2. The van der Waals surface area contributed by atoms with Crippen LogP contribution in [-0.2, 0) is 13.2 Å². The van der Waals surface area contributed by atoms with E-state index >= 15 is 0 Å². The Morgan fingerprint density at radius 1 is 1.35 bits per heavy atom. The first-order chi connectivity index (χ1) is 9.63. The van der Waals surface area contributed by atoms with Crippen LogP contribution >= 0.6 is 0 Å². The Balaban J connectivity index is 2.21. The molecule has 0 atom stereocenters. The number of aliphatic hydroxyl groups excluding tert-OH is 1. The van der Waals surface area contributed by atoms with Crippen LogP contribution in [0.25, 0.3) is 0 Å². The first kappa shape index (κ1) is 14.3. The minimum atomic E-state index is -0.451. The molecule has 4 nitrogen and oxygen atoms in total. The van der Waals surface area contributed by atoms with Gasteiger partial charge in [-0.3, -0.25) is 0 Å². The van der Waals surface area contributed by atoms with Gasteiger partial charge < -0.3 is 14.7 Å². The van der Waals surface area contributed by atoms with Crippen LogP contribution in [0.3, 0.4) is 0 Å². The van der Waals surface area contributed by atoms with E-state index in [1.807, 2.05) is 36.2 Å². The summed E-state index contributed by atoms with van der Waals surface area (Å²) in [5.74, 6) is 0.898. The van der Waals surface area contributed by atoms with Gasteiger partial charge in [-0.1, -0.05) is 12.1 Å². The molecular weight excluding hydrogens is 259 g/mol. The minimum absolute atomic E-state index is 0.247. The van der Waals surface area contributed by atoms with Crippen LogP contribution in [-0.4, -0.2) is 24.2 Å². The van der Waals surface area contributed by atoms with E-state index in [9.17, 15) is 9.50 Å². The Hall–Kier alpha value is -2.14. The van der Waals surface area contributed by atoms with Crippen LogP contribution in [0.1, 0.15) is 11.1 Å². The molecule has 0 aliphatic carbocycles. The largest absolute Gasteiger partial charge is 0.497 e. The molecule has 106 valence electrons. The van der Waals surface area contributed by atoms with Gasteiger partial charge >= 0.3 is 0 Å². The molecule has 0 fully saturated rings.